The number of benzene rings is 1. The molecule has 1 heterocycles. The quantitative estimate of drug-likeness (QED) is 0.495. The summed E-state index contributed by atoms with van der Waals surface area (Å²) in [5.74, 6) is -1.77. The van der Waals surface area contributed by atoms with Crippen LogP contribution in [0.5, 0.6) is 0 Å². The predicted octanol–water partition coefficient (Wildman–Crippen LogP) is 2.86. The van der Waals surface area contributed by atoms with Crippen LogP contribution in [0.4, 0.5) is 15.9 Å². The molecule has 1 aromatic heterocycles. The first-order chi connectivity index (χ1) is 16.7. The van der Waals surface area contributed by atoms with Crippen LogP contribution in [0, 0.1) is 5.82 Å². The van der Waals surface area contributed by atoms with Crippen molar-refractivity contribution in [3.8, 4) is 0 Å². The second-order valence-corrected chi connectivity index (χ2v) is 8.92. The summed E-state index contributed by atoms with van der Waals surface area (Å²) in [6.07, 6.45) is 4.46. The lowest BCUT2D eigenvalue weighted by molar-refractivity contribution is -0.153. The van der Waals surface area contributed by atoms with Gasteiger partial charge < -0.3 is 15.4 Å². The summed E-state index contributed by atoms with van der Waals surface area (Å²) in [4.78, 5) is 54.7. The van der Waals surface area contributed by atoms with E-state index in [-0.39, 0.29) is 24.6 Å². The number of hydrogen-bond acceptors (Lipinski definition) is 6. The Kier molecular flexibility index (Phi) is 8.48. The molecular formula is C25H33FN4O5. The number of carbonyl (C=O) groups is 2. The lowest BCUT2D eigenvalue weighted by Gasteiger charge is -2.28. The topological polar surface area (TPSA) is 127 Å². The second kappa shape index (κ2) is 11.3. The highest BCUT2D eigenvalue weighted by Gasteiger charge is 2.44. The van der Waals surface area contributed by atoms with Crippen molar-refractivity contribution in [1.82, 2.24) is 9.55 Å². The third-order valence-corrected chi connectivity index (χ3v) is 6.52. The van der Waals surface area contributed by atoms with Gasteiger partial charge in [0.15, 0.2) is 12.3 Å². The highest BCUT2D eigenvalue weighted by molar-refractivity contribution is 5.97. The molecule has 2 aromatic rings. The van der Waals surface area contributed by atoms with Crippen molar-refractivity contribution < 1.29 is 18.7 Å². The molecule has 0 bridgehead atoms. The Hall–Kier alpha value is -3.43. The molecule has 0 radical (unpaired) electrons. The van der Waals surface area contributed by atoms with Crippen molar-refractivity contribution in [2.24, 2.45) is 0 Å². The summed E-state index contributed by atoms with van der Waals surface area (Å²) in [7, 11) is 0. The van der Waals surface area contributed by atoms with Crippen LogP contribution >= 0.6 is 0 Å². The van der Waals surface area contributed by atoms with Crippen molar-refractivity contribution in [3.63, 3.8) is 0 Å². The summed E-state index contributed by atoms with van der Waals surface area (Å²) < 4.78 is 20.6. The van der Waals surface area contributed by atoms with Gasteiger partial charge in [0, 0.05) is 13.1 Å². The minimum atomic E-state index is -1.01. The van der Waals surface area contributed by atoms with Gasteiger partial charge >= 0.3 is 11.7 Å². The molecule has 1 saturated carbocycles. The van der Waals surface area contributed by atoms with Crippen LogP contribution < -0.4 is 21.9 Å². The van der Waals surface area contributed by atoms with Crippen molar-refractivity contribution in [3.05, 3.63) is 56.5 Å². The zero-order chi connectivity index (χ0) is 25.6. The number of nitrogens with zero attached hydrogens (tertiary/aromatic N) is 2. The molecule has 3 rings (SSSR count). The second-order valence-electron chi connectivity index (χ2n) is 8.92. The molecule has 10 heteroatoms. The number of aromatic amines is 1. The monoisotopic (exact) mass is 488 g/mol. The van der Waals surface area contributed by atoms with E-state index in [0.717, 1.165) is 19.3 Å². The molecule has 1 aromatic carbocycles. The number of esters is 1. The minimum absolute atomic E-state index is 0.108. The first kappa shape index (κ1) is 26.2. The van der Waals surface area contributed by atoms with E-state index in [1.807, 2.05) is 13.8 Å². The van der Waals surface area contributed by atoms with Gasteiger partial charge in [0.1, 0.15) is 11.6 Å². The van der Waals surface area contributed by atoms with E-state index in [4.69, 9.17) is 10.5 Å². The molecule has 35 heavy (non-hydrogen) atoms. The number of rotatable bonds is 10. The predicted molar refractivity (Wildman–Crippen MR) is 131 cm³/mol. The minimum Gasteiger partial charge on any atom is -0.455 e. The average molecular weight is 489 g/mol. The fraction of sp³-hybridized carbons (Fsp3) is 0.520. The number of nitrogens with one attached hydrogen (secondary N) is 1. The summed E-state index contributed by atoms with van der Waals surface area (Å²) in [5, 5.41) is 0. The Morgan fingerprint density at radius 1 is 1.20 bits per heavy atom. The molecule has 0 spiro atoms. The number of aromatic nitrogens is 2. The van der Waals surface area contributed by atoms with E-state index in [1.54, 1.807) is 12.1 Å². The molecule has 0 aliphatic heterocycles. The molecule has 9 nitrogen and oxygen atoms in total. The smallest absolute Gasteiger partial charge is 0.330 e. The van der Waals surface area contributed by atoms with Crippen LogP contribution in [-0.4, -0.2) is 34.6 Å². The summed E-state index contributed by atoms with van der Waals surface area (Å²) in [6.45, 7) is 3.62. The van der Waals surface area contributed by atoms with Crippen LogP contribution in [-0.2, 0) is 26.3 Å². The van der Waals surface area contributed by atoms with E-state index in [0.29, 0.717) is 31.2 Å². The maximum atomic E-state index is 13.9. The number of halogens is 1. The molecule has 0 saturated heterocycles. The largest absolute Gasteiger partial charge is 0.455 e. The van der Waals surface area contributed by atoms with E-state index in [1.165, 1.54) is 21.6 Å². The Bertz CT molecular complexity index is 1180. The van der Waals surface area contributed by atoms with Gasteiger partial charge in [-0.15, -0.1) is 0 Å². The number of H-pyrrole nitrogens is 1. The zero-order valence-corrected chi connectivity index (χ0v) is 20.3. The lowest BCUT2D eigenvalue weighted by Crippen LogP contribution is -2.44. The number of amides is 1. The molecule has 1 amide bonds. The Balaban J connectivity index is 1.87. The maximum absolute atomic E-state index is 13.9. The van der Waals surface area contributed by atoms with Crippen LogP contribution in [0.1, 0.15) is 64.4 Å². The van der Waals surface area contributed by atoms with Gasteiger partial charge in [-0.25, -0.2) is 9.18 Å². The fourth-order valence-corrected chi connectivity index (χ4v) is 4.68. The highest BCUT2D eigenvalue weighted by Crippen LogP contribution is 2.42. The van der Waals surface area contributed by atoms with Crippen LogP contribution in [0.2, 0.25) is 0 Å². The van der Waals surface area contributed by atoms with Crippen LogP contribution in [0.25, 0.3) is 0 Å². The summed E-state index contributed by atoms with van der Waals surface area (Å²) >= 11 is 0. The molecule has 0 atom stereocenters. The van der Waals surface area contributed by atoms with Crippen molar-refractivity contribution >= 4 is 23.4 Å². The Morgan fingerprint density at radius 2 is 1.91 bits per heavy atom. The van der Waals surface area contributed by atoms with Gasteiger partial charge in [0.25, 0.3) is 11.5 Å². The van der Waals surface area contributed by atoms with E-state index in [9.17, 15) is 23.6 Å². The number of nitrogens with two attached hydrogens (primary N) is 1. The average Bonchev–Trinajstić information content (AvgIpc) is 3.33. The van der Waals surface area contributed by atoms with E-state index >= 15 is 0 Å². The number of nitrogen functional groups attached to an aromatic ring is 1. The van der Waals surface area contributed by atoms with Gasteiger partial charge in [0.05, 0.1) is 5.41 Å². The van der Waals surface area contributed by atoms with E-state index < -0.39 is 41.0 Å². The van der Waals surface area contributed by atoms with Crippen molar-refractivity contribution in [2.45, 2.75) is 70.8 Å². The number of anilines is 2. The van der Waals surface area contributed by atoms with E-state index in [2.05, 4.69) is 4.98 Å². The number of hydrogen-bond donors (Lipinski definition) is 2. The van der Waals surface area contributed by atoms with Gasteiger partial charge in [-0.3, -0.25) is 23.9 Å². The molecule has 1 aliphatic carbocycles. The number of unbranched alkanes of at least 4 members (excludes halogenated alkanes) is 1. The van der Waals surface area contributed by atoms with Crippen molar-refractivity contribution in [1.29, 1.82) is 0 Å². The third kappa shape index (κ3) is 5.47. The zero-order valence-electron chi connectivity index (χ0n) is 20.3. The molecule has 1 aliphatic rings. The number of carbonyl (C=O) groups excluding carboxylic acids is 2. The molecular weight excluding hydrogens is 455 g/mol. The maximum Gasteiger partial charge on any atom is 0.330 e. The molecule has 1 fully saturated rings. The summed E-state index contributed by atoms with van der Waals surface area (Å²) in [5.41, 5.74) is 4.12. The van der Waals surface area contributed by atoms with Crippen LogP contribution in [0.3, 0.4) is 0 Å². The number of ether oxygens (including phenoxy) is 1. The highest BCUT2D eigenvalue weighted by atomic mass is 19.1. The molecule has 190 valence electrons. The first-order valence-electron chi connectivity index (χ1n) is 12.1. The lowest BCUT2D eigenvalue weighted by atomic mass is 9.79. The third-order valence-electron chi connectivity index (χ3n) is 6.52. The van der Waals surface area contributed by atoms with Crippen LogP contribution in [0.15, 0.2) is 33.9 Å². The standard InChI is InChI=1S/C25H33FN4O5/c1-3-5-14-29(20-21(27)30(13-4-2)24(34)28-22(20)32)19(31)16-35-23(33)25(11-6-7-12-25)17-9-8-10-18(26)15-17/h8-10,15H,3-7,11-14,16,27H2,1-2H3,(H,28,32,34). The SMILES string of the molecule is CCCCN(C(=O)COC(=O)C1(c2cccc(F)c2)CCCC1)c1c(N)n(CCC)c(=O)[nH]c1=O. The Labute approximate surface area is 203 Å². The first-order valence-corrected chi connectivity index (χ1v) is 12.1. The van der Waals surface area contributed by atoms with Gasteiger partial charge in [-0.2, -0.15) is 0 Å². The summed E-state index contributed by atoms with van der Waals surface area (Å²) in [6, 6.07) is 5.89. The fourth-order valence-electron chi connectivity index (χ4n) is 4.68. The molecule has 3 N–H and O–H groups in total. The molecule has 0 unspecified atom stereocenters. The normalized spacial score (nSPS) is 14.6. The van der Waals surface area contributed by atoms with Gasteiger partial charge in [-0.05, 0) is 43.4 Å². The van der Waals surface area contributed by atoms with Gasteiger partial charge in [0.2, 0.25) is 0 Å². The van der Waals surface area contributed by atoms with Crippen molar-refractivity contribution in [2.75, 3.05) is 23.8 Å². The Morgan fingerprint density at radius 3 is 2.54 bits per heavy atom. The van der Waals surface area contributed by atoms with Gasteiger partial charge in [-0.1, -0.05) is 45.2 Å².